The van der Waals surface area contributed by atoms with Crippen LogP contribution in [0.5, 0.6) is 0 Å². The predicted molar refractivity (Wildman–Crippen MR) is 59.1 cm³/mol. The Morgan fingerprint density at radius 3 is 2.46 bits per heavy atom. The van der Waals surface area contributed by atoms with Gasteiger partial charge in [-0.1, -0.05) is 32.6 Å². The van der Waals surface area contributed by atoms with Crippen molar-refractivity contribution in [3.8, 4) is 0 Å². The Morgan fingerprint density at radius 2 is 2.00 bits per heavy atom. The highest BCUT2D eigenvalue weighted by Gasteiger charge is 2.12. The number of carbonyl (C=O) groups excluding carboxylic acids is 1. The fraction of sp³-hybridized carbons (Fsp3) is 0.900. The summed E-state index contributed by atoms with van der Waals surface area (Å²) in [5, 5.41) is 0.304. The molecule has 0 aliphatic rings. The van der Waals surface area contributed by atoms with Crippen LogP contribution < -0.4 is 0 Å². The molecule has 78 valence electrons. The molecule has 0 aliphatic carbocycles. The molecule has 0 N–H and O–H groups in total. The van der Waals surface area contributed by atoms with Gasteiger partial charge in [0, 0.05) is 6.61 Å². The second kappa shape index (κ2) is 8.45. The molecule has 0 fully saturated rings. The third-order valence-corrected chi connectivity index (χ3v) is 2.79. The van der Waals surface area contributed by atoms with E-state index in [2.05, 4.69) is 6.92 Å². The normalized spacial score (nSPS) is 13.1. The number of rotatable bonds is 8. The maximum absolute atomic E-state index is 11.1. The Labute approximate surface area is 84.5 Å². The summed E-state index contributed by atoms with van der Waals surface area (Å²) in [6, 6.07) is 0. The van der Waals surface area contributed by atoms with Crippen molar-refractivity contribution in [3.05, 3.63) is 0 Å². The minimum atomic E-state index is -0.0893. The summed E-state index contributed by atoms with van der Waals surface area (Å²) < 4.78 is 5.37. The Balaban J connectivity index is 3.51. The molecule has 2 nitrogen and oxygen atoms in total. The van der Waals surface area contributed by atoms with E-state index in [9.17, 15) is 4.79 Å². The van der Waals surface area contributed by atoms with E-state index in [4.69, 9.17) is 4.74 Å². The first-order valence-electron chi connectivity index (χ1n) is 5.34. The van der Waals surface area contributed by atoms with Crippen LogP contribution in [0.15, 0.2) is 0 Å². The lowest BCUT2D eigenvalue weighted by molar-refractivity contribution is -0.122. The molecular formula is C10H22O2Si. The van der Waals surface area contributed by atoms with Gasteiger partial charge in [0.1, 0.15) is 11.5 Å². The van der Waals surface area contributed by atoms with E-state index < -0.39 is 0 Å². The Hall–Kier alpha value is -0.153. The van der Waals surface area contributed by atoms with Gasteiger partial charge in [0.05, 0.1) is 10.2 Å². The predicted octanol–water partition coefficient (Wildman–Crippen LogP) is 1.25. The van der Waals surface area contributed by atoms with Crippen LogP contribution in [-0.4, -0.2) is 28.4 Å². The van der Waals surface area contributed by atoms with E-state index in [1.165, 1.54) is 19.3 Å². The zero-order valence-corrected chi connectivity index (χ0v) is 11.1. The maximum Gasteiger partial charge on any atom is 0.128 e. The van der Waals surface area contributed by atoms with Crippen LogP contribution in [0, 0.1) is 0 Å². The van der Waals surface area contributed by atoms with Crippen molar-refractivity contribution in [2.24, 2.45) is 0 Å². The number of unbranched alkanes of at least 4 members (excludes halogenated alkanes) is 3. The molecule has 0 spiro atoms. The molecule has 0 radical (unpaired) electrons. The zero-order valence-electron chi connectivity index (χ0n) is 9.14. The lowest BCUT2D eigenvalue weighted by Gasteiger charge is -2.13. The average Bonchev–Trinajstić information content (AvgIpc) is 2.10. The second-order valence-electron chi connectivity index (χ2n) is 3.40. The molecule has 0 saturated heterocycles. The van der Waals surface area contributed by atoms with Gasteiger partial charge in [0.15, 0.2) is 0 Å². The molecule has 0 bridgehead atoms. The molecule has 0 rings (SSSR count). The third-order valence-electron chi connectivity index (χ3n) is 2.14. The summed E-state index contributed by atoms with van der Waals surface area (Å²) in [7, 11) is 0.622. The Morgan fingerprint density at radius 1 is 1.31 bits per heavy atom. The third kappa shape index (κ3) is 6.96. The largest absolute Gasteiger partial charge is 0.371 e. The number of ether oxygens (including phenoxy) is 1. The molecule has 0 aromatic rings. The second-order valence-corrected chi connectivity index (χ2v) is 4.39. The smallest absolute Gasteiger partial charge is 0.128 e. The molecule has 0 amide bonds. The lowest BCUT2D eigenvalue weighted by atomic mass is 10.1. The van der Waals surface area contributed by atoms with E-state index in [0.29, 0.717) is 22.3 Å². The topological polar surface area (TPSA) is 26.3 Å². The molecule has 13 heavy (non-hydrogen) atoms. The van der Waals surface area contributed by atoms with Crippen LogP contribution in [0.25, 0.3) is 0 Å². The van der Waals surface area contributed by atoms with Gasteiger partial charge in [-0.05, 0) is 13.3 Å². The van der Waals surface area contributed by atoms with Gasteiger partial charge < -0.3 is 9.53 Å². The van der Waals surface area contributed by atoms with Crippen LogP contribution >= 0.6 is 0 Å². The minimum absolute atomic E-state index is 0.0893. The molecule has 0 aromatic carbocycles. The standard InChI is InChI=1S/C10H22O2Si/c1-3-5-6-7-8-9(10(11)13)12-4-2/h9H,3-8H2,1-2,13H3. The monoisotopic (exact) mass is 202 g/mol. The number of carbonyl (C=O) groups is 1. The average molecular weight is 202 g/mol. The summed E-state index contributed by atoms with van der Waals surface area (Å²) in [6.45, 7) is 4.80. The Kier molecular flexibility index (Phi) is 8.35. The first-order valence-corrected chi connectivity index (χ1v) is 6.34. The van der Waals surface area contributed by atoms with Crippen molar-refractivity contribution in [2.75, 3.05) is 6.61 Å². The van der Waals surface area contributed by atoms with Crippen LogP contribution in [0.2, 0.25) is 0 Å². The fourth-order valence-corrected chi connectivity index (χ4v) is 1.82. The summed E-state index contributed by atoms with van der Waals surface area (Å²) >= 11 is 0. The maximum atomic E-state index is 11.1. The van der Waals surface area contributed by atoms with E-state index in [-0.39, 0.29) is 6.10 Å². The Bertz CT molecular complexity index is 137. The number of hydrogen-bond acceptors (Lipinski definition) is 2. The highest BCUT2D eigenvalue weighted by atomic mass is 28.1. The summed E-state index contributed by atoms with van der Waals surface area (Å²) in [5.74, 6) is 0. The first-order chi connectivity index (χ1) is 6.22. The van der Waals surface area contributed by atoms with Gasteiger partial charge in [-0.2, -0.15) is 0 Å². The van der Waals surface area contributed by atoms with Gasteiger partial charge in [0.2, 0.25) is 0 Å². The molecule has 0 aromatic heterocycles. The molecule has 1 atom stereocenters. The molecule has 0 saturated carbocycles. The van der Waals surface area contributed by atoms with Crippen LogP contribution in [0.3, 0.4) is 0 Å². The fourth-order valence-electron chi connectivity index (χ4n) is 1.36. The lowest BCUT2D eigenvalue weighted by Crippen LogP contribution is -2.24. The highest BCUT2D eigenvalue weighted by Crippen LogP contribution is 2.08. The van der Waals surface area contributed by atoms with Crippen molar-refractivity contribution in [1.82, 2.24) is 0 Å². The van der Waals surface area contributed by atoms with Gasteiger partial charge in [-0.25, -0.2) is 0 Å². The van der Waals surface area contributed by atoms with E-state index in [0.717, 1.165) is 12.8 Å². The highest BCUT2D eigenvalue weighted by molar-refractivity contribution is 6.58. The molecular weight excluding hydrogens is 180 g/mol. The van der Waals surface area contributed by atoms with Gasteiger partial charge in [-0.3, -0.25) is 0 Å². The van der Waals surface area contributed by atoms with Gasteiger partial charge in [-0.15, -0.1) is 0 Å². The van der Waals surface area contributed by atoms with E-state index in [1.54, 1.807) is 0 Å². The molecule has 0 heterocycles. The van der Waals surface area contributed by atoms with Crippen molar-refractivity contribution >= 4 is 15.6 Å². The van der Waals surface area contributed by atoms with E-state index >= 15 is 0 Å². The summed E-state index contributed by atoms with van der Waals surface area (Å²) in [5.41, 5.74) is 0. The van der Waals surface area contributed by atoms with Crippen LogP contribution in [0.4, 0.5) is 0 Å². The zero-order chi connectivity index (χ0) is 10.1. The summed E-state index contributed by atoms with van der Waals surface area (Å²) in [6.07, 6.45) is 5.72. The molecule has 3 heteroatoms. The van der Waals surface area contributed by atoms with Gasteiger partial charge in [0.25, 0.3) is 0 Å². The SMILES string of the molecule is CCCCCCC(OCC)C(=O)[SiH3]. The van der Waals surface area contributed by atoms with Crippen molar-refractivity contribution in [3.63, 3.8) is 0 Å². The number of hydrogen-bond donors (Lipinski definition) is 0. The molecule has 1 unspecified atom stereocenters. The van der Waals surface area contributed by atoms with Crippen LogP contribution in [0.1, 0.15) is 46.0 Å². The van der Waals surface area contributed by atoms with Crippen molar-refractivity contribution < 1.29 is 9.53 Å². The van der Waals surface area contributed by atoms with Gasteiger partial charge >= 0.3 is 0 Å². The molecule has 0 aliphatic heterocycles. The summed E-state index contributed by atoms with van der Waals surface area (Å²) in [4.78, 5) is 11.1. The van der Waals surface area contributed by atoms with E-state index in [1.807, 2.05) is 6.92 Å². The van der Waals surface area contributed by atoms with Crippen LogP contribution in [-0.2, 0) is 9.53 Å². The van der Waals surface area contributed by atoms with Crippen molar-refractivity contribution in [2.45, 2.75) is 52.1 Å². The minimum Gasteiger partial charge on any atom is -0.371 e. The quantitative estimate of drug-likeness (QED) is 0.437. The first kappa shape index (κ1) is 12.8. The van der Waals surface area contributed by atoms with Crippen molar-refractivity contribution in [1.29, 1.82) is 0 Å².